The molecule has 0 saturated heterocycles. The molecule has 0 atom stereocenters. The Kier molecular flexibility index (Phi) is 3.61. The van der Waals surface area contributed by atoms with Crippen molar-refractivity contribution in [1.29, 1.82) is 0 Å². The Labute approximate surface area is 109 Å². The van der Waals surface area contributed by atoms with Gasteiger partial charge in [-0.25, -0.2) is 0 Å². The second-order valence-electron chi connectivity index (χ2n) is 5.46. The van der Waals surface area contributed by atoms with Crippen molar-refractivity contribution in [2.75, 3.05) is 0 Å². The third-order valence-corrected chi connectivity index (χ3v) is 2.91. The predicted molar refractivity (Wildman–Crippen MR) is 78.3 cm³/mol. The van der Waals surface area contributed by atoms with Crippen molar-refractivity contribution >= 4 is 12.2 Å². The van der Waals surface area contributed by atoms with E-state index < -0.39 is 0 Å². The molecule has 0 aliphatic heterocycles. The molecule has 18 heavy (non-hydrogen) atoms. The largest absolute Gasteiger partial charge is 0.257 e. The van der Waals surface area contributed by atoms with E-state index in [1.165, 1.54) is 11.1 Å². The maximum Gasteiger partial charge on any atom is 0.0629 e. The van der Waals surface area contributed by atoms with Crippen LogP contribution in [0.25, 0.3) is 12.2 Å². The molecule has 0 aliphatic rings. The van der Waals surface area contributed by atoms with Gasteiger partial charge < -0.3 is 0 Å². The first-order valence-electron chi connectivity index (χ1n) is 6.25. The van der Waals surface area contributed by atoms with Crippen molar-refractivity contribution in [2.24, 2.45) is 0 Å². The first kappa shape index (κ1) is 12.6. The van der Waals surface area contributed by atoms with Crippen LogP contribution in [0, 0.1) is 0 Å². The second kappa shape index (κ2) is 5.18. The van der Waals surface area contributed by atoms with Crippen LogP contribution in [0.3, 0.4) is 0 Å². The van der Waals surface area contributed by atoms with Crippen molar-refractivity contribution in [2.45, 2.75) is 26.2 Å². The summed E-state index contributed by atoms with van der Waals surface area (Å²) in [5.74, 6) is 0. The SMILES string of the molecule is CC(C)(C)c1ccc(C=Cc2ccccn2)cc1. The van der Waals surface area contributed by atoms with Gasteiger partial charge in [-0.3, -0.25) is 4.98 Å². The van der Waals surface area contributed by atoms with E-state index in [0.717, 1.165) is 5.69 Å². The summed E-state index contributed by atoms with van der Waals surface area (Å²) in [5.41, 5.74) is 3.76. The molecule has 1 aromatic carbocycles. The average molecular weight is 237 g/mol. The fourth-order valence-corrected chi connectivity index (χ4v) is 1.75. The second-order valence-corrected chi connectivity index (χ2v) is 5.46. The quantitative estimate of drug-likeness (QED) is 0.746. The molecule has 0 saturated carbocycles. The number of benzene rings is 1. The van der Waals surface area contributed by atoms with Crippen LogP contribution in [-0.2, 0) is 5.41 Å². The van der Waals surface area contributed by atoms with Crippen LogP contribution >= 0.6 is 0 Å². The molecule has 0 N–H and O–H groups in total. The summed E-state index contributed by atoms with van der Waals surface area (Å²) >= 11 is 0. The molecule has 0 radical (unpaired) electrons. The number of pyridine rings is 1. The molecule has 2 aromatic rings. The molecular weight excluding hydrogens is 218 g/mol. The van der Waals surface area contributed by atoms with Crippen LogP contribution < -0.4 is 0 Å². The molecule has 1 aromatic heterocycles. The maximum absolute atomic E-state index is 4.26. The molecule has 0 aliphatic carbocycles. The summed E-state index contributed by atoms with van der Waals surface area (Å²) in [6.45, 7) is 6.68. The number of aromatic nitrogens is 1. The van der Waals surface area contributed by atoms with Gasteiger partial charge in [-0.15, -0.1) is 0 Å². The summed E-state index contributed by atoms with van der Waals surface area (Å²) in [7, 11) is 0. The van der Waals surface area contributed by atoms with Crippen molar-refractivity contribution < 1.29 is 0 Å². The lowest BCUT2D eigenvalue weighted by atomic mass is 9.87. The number of rotatable bonds is 2. The van der Waals surface area contributed by atoms with Gasteiger partial charge in [-0.1, -0.05) is 57.2 Å². The lowest BCUT2D eigenvalue weighted by Crippen LogP contribution is -2.10. The van der Waals surface area contributed by atoms with Crippen LogP contribution in [0.1, 0.15) is 37.6 Å². The van der Waals surface area contributed by atoms with Crippen LogP contribution in [0.15, 0.2) is 48.7 Å². The summed E-state index contributed by atoms with van der Waals surface area (Å²) in [5, 5.41) is 0. The maximum atomic E-state index is 4.26. The normalized spacial score (nSPS) is 11.9. The summed E-state index contributed by atoms with van der Waals surface area (Å²) in [6.07, 6.45) is 5.93. The van der Waals surface area contributed by atoms with Gasteiger partial charge in [0.1, 0.15) is 0 Å². The zero-order valence-corrected chi connectivity index (χ0v) is 11.2. The van der Waals surface area contributed by atoms with Gasteiger partial charge >= 0.3 is 0 Å². The van der Waals surface area contributed by atoms with Crippen LogP contribution in [0.5, 0.6) is 0 Å². The molecule has 1 heteroatoms. The Bertz CT molecular complexity index is 516. The Balaban J connectivity index is 2.14. The zero-order valence-electron chi connectivity index (χ0n) is 11.2. The minimum atomic E-state index is 0.212. The molecular formula is C17H19N. The molecule has 0 amide bonds. The van der Waals surface area contributed by atoms with E-state index in [1.807, 2.05) is 30.5 Å². The molecule has 1 heterocycles. The third-order valence-electron chi connectivity index (χ3n) is 2.91. The fourth-order valence-electron chi connectivity index (χ4n) is 1.75. The number of hydrogen-bond donors (Lipinski definition) is 0. The lowest BCUT2D eigenvalue weighted by molar-refractivity contribution is 0.590. The van der Waals surface area contributed by atoms with Gasteiger partial charge in [0.2, 0.25) is 0 Å². The highest BCUT2D eigenvalue weighted by atomic mass is 14.6. The Morgan fingerprint density at radius 1 is 0.889 bits per heavy atom. The smallest absolute Gasteiger partial charge is 0.0629 e. The summed E-state index contributed by atoms with van der Waals surface area (Å²) < 4.78 is 0. The highest BCUT2D eigenvalue weighted by Crippen LogP contribution is 2.22. The van der Waals surface area contributed by atoms with E-state index in [-0.39, 0.29) is 5.41 Å². The molecule has 0 fully saturated rings. The van der Waals surface area contributed by atoms with E-state index in [1.54, 1.807) is 0 Å². The predicted octanol–water partition coefficient (Wildman–Crippen LogP) is 4.55. The Morgan fingerprint density at radius 2 is 1.61 bits per heavy atom. The van der Waals surface area contributed by atoms with Gasteiger partial charge in [-0.05, 0) is 34.8 Å². The van der Waals surface area contributed by atoms with Crippen molar-refractivity contribution in [3.8, 4) is 0 Å². The van der Waals surface area contributed by atoms with Crippen LogP contribution in [0.4, 0.5) is 0 Å². The molecule has 0 bridgehead atoms. The standard InChI is InChI=1S/C17H19N/c1-17(2,3)15-10-7-14(8-11-15)9-12-16-6-4-5-13-18-16/h4-13H,1-3H3. The Hall–Kier alpha value is -1.89. The average Bonchev–Trinajstić information content (AvgIpc) is 2.37. The minimum absolute atomic E-state index is 0.212. The van der Waals surface area contributed by atoms with Crippen molar-refractivity contribution in [3.05, 3.63) is 65.5 Å². The number of hydrogen-bond acceptors (Lipinski definition) is 1. The third kappa shape index (κ3) is 3.30. The number of nitrogens with zero attached hydrogens (tertiary/aromatic N) is 1. The van der Waals surface area contributed by atoms with E-state index >= 15 is 0 Å². The molecule has 1 nitrogen and oxygen atoms in total. The van der Waals surface area contributed by atoms with Gasteiger partial charge in [0.25, 0.3) is 0 Å². The van der Waals surface area contributed by atoms with Gasteiger partial charge in [-0.2, -0.15) is 0 Å². The highest BCUT2D eigenvalue weighted by Gasteiger charge is 2.12. The Morgan fingerprint density at radius 3 is 2.17 bits per heavy atom. The first-order valence-corrected chi connectivity index (χ1v) is 6.25. The molecule has 2 rings (SSSR count). The van der Waals surface area contributed by atoms with E-state index in [9.17, 15) is 0 Å². The summed E-state index contributed by atoms with van der Waals surface area (Å²) in [6, 6.07) is 14.6. The zero-order chi connectivity index (χ0) is 13.0. The van der Waals surface area contributed by atoms with E-state index in [4.69, 9.17) is 0 Å². The monoisotopic (exact) mass is 237 g/mol. The van der Waals surface area contributed by atoms with Crippen LogP contribution in [0.2, 0.25) is 0 Å². The molecule has 92 valence electrons. The summed E-state index contributed by atoms with van der Waals surface area (Å²) in [4.78, 5) is 4.26. The van der Waals surface area contributed by atoms with Gasteiger partial charge in [0.05, 0.1) is 5.69 Å². The molecule has 0 unspecified atom stereocenters. The van der Waals surface area contributed by atoms with Crippen molar-refractivity contribution in [3.63, 3.8) is 0 Å². The highest BCUT2D eigenvalue weighted by molar-refractivity contribution is 5.67. The van der Waals surface area contributed by atoms with E-state index in [0.29, 0.717) is 0 Å². The van der Waals surface area contributed by atoms with Crippen molar-refractivity contribution in [1.82, 2.24) is 4.98 Å². The first-order chi connectivity index (χ1) is 8.55. The minimum Gasteiger partial charge on any atom is -0.257 e. The van der Waals surface area contributed by atoms with Crippen LogP contribution in [-0.4, -0.2) is 4.98 Å². The van der Waals surface area contributed by atoms with E-state index in [2.05, 4.69) is 56.1 Å². The van der Waals surface area contributed by atoms with Gasteiger partial charge in [0.15, 0.2) is 0 Å². The fraction of sp³-hybridized carbons (Fsp3) is 0.235. The van der Waals surface area contributed by atoms with Gasteiger partial charge in [0, 0.05) is 6.20 Å². The molecule has 0 spiro atoms. The topological polar surface area (TPSA) is 12.9 Å². The lowest BCUT2D eigenvalue weighted by Gasteiger charge is -2.18.